The summed E-state index contributed by atoms with van der Waals surface area (Å²) in [7, 11) is 5.39. The van der Waals surface area contributed by atoms with Gasteiger partial charge in [-0.05, 0) is 31.8 Å². The van der Waals surface area contributed by atoms with Gasteiger partial charge >= 0.3 is 0 Å². The summed E-state index contributed by atoms with van der Waals surface area (Å²) in [4.78, 5) is 1.92. The number of hydrogen-bond donors (Lipinski definition) is 1. The van der Waals surface area contributed by atoms with E-state index in [9.17, 15) is 5.11 Å². The van der Waals surface area contributed by atoms with E-state index in [-0.39, 0.29) is 0 Å². The van der Waals surface area contributed by atoms with Gasteiger partial charge in [-0.2, -0.15) is 0 Å². The molecule has 1 rings (SSSR count). The maximum atomic E-state index is 9.84. The summed E-state index contributed by atoms with van der Waals surface area (Å²) in [5.41, 5.74) is 0.800. The van der Waals surface area contributed by atoms with Crippen molar-refractivity contribution in [2.24, 2.45) is 0 Å². The molecule has 0 aliphatic heterocycles. The molecule has 84 valence electrons. The lowest BCUT2D eigenvalue weighted by atomic mass is 10.1. The number of nitrogens with zero attached hydrogens (tertiary/aromatic N) is 1. The van der Waals surface area contributed by atoms with Gasteiger partial charge in [0.2, 0.25) is 0 Å². The van der Waals surface area contributed by atoms with Crippen LogP contribution in [-0.2, 0) is 0 Å². The van der Waals surface area contributed by atoms with Crippen LogP contribution in [0.25, 0.3) is 0 Å². The summed E-state index contributed by atoms with van der Waals surface area (Å²) in [5, 5.41) is 10.4. The molecule has 0 amide bonds. The van der Waals surface area contributed by atoms with E-state index >= 15 is 0 Å². The molecule has 0 fully saturated rings. The van der Waals surface area contributed by atoms with Crippen LogP contribution in [-0.4, -0.2) is 37.8 Å². The van der Waals surface area contributed by atoms with Crippen LogP contribution in [0.4, 0.5) is 0 Å². The molecule has 0 spiro atoms. The zero-order chi connectivity index (χ0) is 11.4. The van der Waals surface area contributed by atoms with Crippen LogP contribution < -0.4 is 4.74 Å². The van der Waals surface area contributed by atoms with Crippen molar-refractivity contribution < 1.29 is 9.84 Å². The zero-order valence-electron chi connectivity index (χ0n) is 9.20. The van der Waals surface area contributed by atoms with E-state index in [1.54, 1.807) is 19.2 Å². The summed E-state index contributed by atoms with van der Waals surface area (Å²) in [6.07, 6.45) is -0.525. The summed E-state index contributed by atoms with van der Waals surface area (Å²) < 4.78 is 5.04. The van der Waals surface area contributed by atoms with Crippen molar-refractivity contribution in [3.63, 3.8) is 0 Å². The number of likely N-dealkylation sites (N-methyl/N-ethyl adjacent to an activating group) is 1. The maximum absolute atomic E-state index is 9.84. The van der Waals surface area contributed by atoms with Gasteiger partial charge in [-0.25, -0.2) is 0 Å². The first-order valence-corrected chi connectivity index (χ1v) is 5.08. The fourth-order valence-corrected chi connectivity index (χ4v) is 1.61. The number of aliphatic hydroxyl groups excluding tert-OH is 1. The standard InChI is InChI=1S/C11H16ClNO2/c1-13(2)7-10(14)8-4-5-11(15-3)9(12)6-8/h4-6,10,14H,7H2,1-3H3. The van der Waals surface area contributed by atoms with Gasteiger partial charge in [-0.15, -0.1) is 0 Å². The minimum Gasteiger partial charge on any atom is -0.495 e. The molecule has 0 radical (unpaired) electrons. The maximum Gasteiger partial charge on any atom is 0.137 e. The fraction of sp³-hybridized carbons (Fsp3) is 0.455. The number of aliphatic hydroxyl groups is 1. The molecule has 1 unspecified atom stereocenters. The molecule has 0 saturated carbocycles. The predicted molar refractivity (Wildman–Crippen MR) is 61.5 cm³/mol. The number of rotatable bonds is 4. The first kappa shape index (κ1) is 12.3. The van der Waals surface area contributed by atoms with Gasteiger partial charge in [0.15, 0.2) is 0 Å². The van der Waals surface area contributed by atoms with Gasteiger partial charge in [0.25, 0.3) is 0 Å². The summed E-state index contributed by atoms with van der Waals surface area (Å²) in [6, 6.07) is 5.31. The molecule has 15 heavy (non-hydrogen) atoms. The number of ether oxygens (including phenoxy) is 1. The Morgan fingerprint density at radius 1 is 1.47 bits per heavy atom. The molecule has 1 aromatic carbocycles. The molecule has 1 N–H and O–H groups in total. The highest BCUT2D eigenvalue weighted by atomic mass is 35.5. The highest BCUT2D eigenvalue weighted by Crippen LogP contribution is 2.27. The van der Waals surface area contributed by atoms with Gasteiger partial charge in [0.05, 0.1) is 18.2 Å². The molecule has 0 aliphatic carbocycles. The second-order valence-electron chi connectivity index (χ2n) is 3.67. The number of methoxy groups -OCH3 is 1. The van der Waals surface area contributed by atoms with Crippen LogP contribution in [0.3, 0.4) is 0 Å². The predicted octanol–water partition coefficient (Wildman–Crippen LogP) is 1.94. The number of hydrogen-bond acceptors (Lipinski definition) is 3. The minimum absolute atomic E-state index is 0.521. The van der Waals surface area contributed by atoms with Crippen molar-refractivity contribution in [1.29, 1.82) is 0 Å². The van der Waals surface area contributed by atoms with Gasteiger partial charge in [-0.1, -0.05) is 17.7 Å². The van der Waals surface area contributed by atoms with Crippen molar-refractivity contribution in [1.82, 2.24) is 4.90 Å². The number of halogens is 1. The third kappa shape index (κ3) is 3.38. The second kappa shape index (κ2) is 5.35. The molecular formula is C11H16ClNO2. The van der Waals surface area contributed by atoms with Crippen LogP contribution in [0.5, 0.6) is 5.75 Å². The smallest absolute Gasteiger partial charge is 0.137 e. The van der Waals surface area contributed by atoms with Crippen LogP contribution in [0.1, 0.15) is 11.7 Å². The van der Waals surface area contributed by atoms with Crippen molar-refractivity contribution in [3.8, 4) is 5.75 Å². The quantitative estimate of drug-likeness (QED) is 0.857. The average Bonchev–Trinajstić information content (AvgIpc) is 2.16. The summed E-state index contributed by atoms with van der Waals surface area (Å²) in [6.45, 7) is 0.572. The lowest BCUT2D eigenvalue weighted by Gasteiger charge is -2.16. The molecule has 3 nitrogen and oxygen atoms in total. The van der Waals surface area contributed by atoms with Gasteiger partial charge < -0.3 is 14.7 Å². The summed E-state index contributed by atoms with van der Waals surface area (Å²) in [5.74, 6) is 0.623. The van der Waals surface area contributed by atoms with E-state index in [1.807, 2.05) is 25.1 Å². The largest absolute Gasteiger partial charge is 0.495 e. The average molecular weight is 230 g/mol. The van der Waals surface area contributed by atoms with E-state index in [0.717, 1.165) is 5.56 Å². The van der Waals surface area contributed by atoms with Crippen LogP contribution in [0.2, 0.25) is 5.02 Å². The van der Waals surface area contributed by atoms with E-state index in [0.29, 0.717) is 17.3 Å². The van der Waals surface area contributed by atoms with E-state index in [2.05, 4.69) is 0 Å². The Morgan fingerprint density at radius 2 is 2.13 bits per heavy atom. The molecule has 0 heterocycles. The van der Waals surface area contributed by atoms with Crippen molar-refractivity contribution in [3.05, 3.63) is 28.8 Å². The molecule has 0 aliphatic rings. The summed E-state index contributed by atoms with van der Waals surface area (Å²) >= 11 is 5.96. The fourth-order valence-electron chi connectivity index (χ4n) is 1.34. The Balaban J connectivity index is 2.82. The first-order valence-electron chi connectivity index (χ1n) is 4.71. The Hall–Kier alpha value is -0.770. The molecule has 1 atom stereocenters. The highest BCUT2D eigenvalue weighted by molar-refractivity contribution is 6.32. The van der Waals surface area contributed by atoms with Crippen LogP contribution in [0, 0.1) is 0 Å². The van der Waals surface area contributed by atoms with Crippen LogP contribution >= 0.6 is 11.6 Å². The molecule has 0 saturated heterocycles. The van der Waals surface area contributed by atoms with Gasteiger partial charge in [-0.3, -0.25) is 0 Å². The Morgan fingerprint density at radius 3 is 2.60 bits per heavy atom. The minimum atomic E-state index is -0.525. The third-order valence-corrected chi connectivity index (χ3v) is 2.39. The topological polar surface area (TPSA) is 32.7 Å². The van der Waals surface area contributed by atoms with Gasteiger partial charge in [0, 0.05) is 6.54 Å². The Labute approximate surface area is 95.2 Å². The third-order valence-electron chi connectivity index (χ3n) is 2.10. The van der Waals surface area contributed by atoms with E-state index in [4.69, 9.17) is 16.3 Å². The monoisotopic (exact) mass is 229 g/mol. The van der Waals surface area contributed by atoms with Crippen molar-refractivity contribution in [2.45, 2.75) is 6.10 Å². The molecule has 0 bridgehead atoms. The van der Waals surface area contributed by atoms with Crippen molar-refractivity contribution >= 4 is 11.6 Å². The first-order chi connectivity index (χ1) is 7.04. The zero-order valence-corrected chi connectivity index (χ0v) is 9.95. The molecule has 4 heteroatoms. The normalized spacial score (nSPS) is 12.9. The van der Waals surface area contributed by atoms with Crippen LogP contribution in [0.15, 0.2) is 18.2 Å². The highest BCUT2D eigenvalue weighted by Gasteiger charge is 2.10. The molecule has 0 aromatic heterocycles. The SMILES string of the molecule is COc1ccc(C(O)CN(C)C)cc1Cl. The lowest BCUT2D eigenvalue weighted by Crippen LogP contribution is -2.19. The Bertz CT molecular complexity index is 328. The van der Waals surface area contributed by atoms with Gasteiger partial charge in [0.1, 0.15) is 5.75 Å². The lowest BCUT2D eigenvalue weighted by molar-refractivity contribution is 0.138. The van der Waals surface area contributed by atoms with E-state index < -0.39 is 6.10 Å². The molecule has 1 aromatic rings. The second-order valence-corrected chi connectivity index (χ2v) is 4.08. The Kier molecular flexibility index (Phi) is 4.39. The van der Waals surface area contributed by atoms with E-state index in [1.165, 1.54) is 0 Å². The molecular weight excluding hydrogens is 214 g/mol. The van der Waals surface area contributed by atoms with Crippen molar-refractivity contribution in [2.75, 3.05) is 27.7 Å². The number of benzene rings is 1.